The molecule has 0 spiro atoms. The fourth-order valence-corrected chi connectivity index (χ4v) is 1.86. The van der Waals surface area contributed by atoms with Gasteiger partial charge in [0.2, 0.25) is 5.88 Å². The van der Waals surface area contributed by atoms with Gasteiger partial charge < -0.3 is 10.5 Å². The largest absolute Gasteiger partial charge is 0.472 e. The summed E-state index contributed by atoms with van der Waals surface area (Å²) in [6.07, 6.45) is 7.17. The number of hydrogen-bond acceptors (Lipinski definition) is 5. The molecule has 84 valence electrons. The summed E-state index contributed by atoms with van der Waals surface area (Å²) in [5.41, 5.74) is 6.25. The van der Waals surface area contributed by atoms with E-state index in [1.54, 1.807) is 0 Å². The number of nitrogens with zero attached hydrogens (tertiary/aromatic N) is 3. The number of nitrogens with two attached hydrogens (primary N) is 1. The fourth-order valence-electron chi connectivity index (χ4n) is 1.86. The van der Waals surface area contributed by atoms with Crippen molar-refractivity contribution in [1.29, 1.82) is 5.26 Å². The standard InChI is InChI=1S/C11H14N4O/c12-5-8-6-15-11(7-14-8)16-10-4-2-1-3-9(10)13/h6-7,9-10H,1-4,13H2. The topological polar surface area (TPSA) is 84.8 Å². The molecule has 1 aromatic heterocycles. The maximum atomic E-state index is 8.58. The highest BCUT2D eigenvalue weighted by Crippen LogP contribution is 2.21. The van der Waals surface area contributed by atoms with Gasteiger partial charge in [0.15, 0.2) is 5.69 Å². The third kappa shape index (κ3) is 2.47. The summed E-state index contributed by atoms with van der Waals surface area (Å²) in [5, 5.41) is 8.58. The summed E-state index contributed by atoms with van der Waals surface area (Å²) >= 11 is 0. The van der Waals surface area contributed by atoms with E-state index in [-0.39, 0.29) is 12.1 Å². The lowest BCUT2D eigenvalue weighted by Gasteiger charge is -2.28. The van der Waals surface area contributed by atoms with Crippen LogP contribution in [0.4, 0.5) is 0 Å². The summed E-state index contributed by atoms with van der Waals surface area (Å²) in [4.78, 5) is 7.91. The highest BCUT2D eigenvalue weighted by atomic mass is 16.5. The van der Waals surface area contributed by atoms with Crippen molar-refractivity contribution in [3.63, 3.8) is 0 Å². The maximum absolute atomic E-state index is 8.58. The summed E-state index contributed by atoms with van der Waals surface area (Å²) in [7, 11) is 0. The number of ether oxygens (including phenoxy) is 1. The van der Waals surface area contributed by atoms with Gasteiger partial charge >= 0.3 is 0 Å². The molecule has 2 unspecified atom stereocenters. The van der Waals surface area contributed by atoms with E-state index in [9.17, 15) is 0 Å². The lowest BCUT2D eigenvalue weighted by Crippen LogP contribution is -2.41. The average molecular weight is 218 g/mol. The Balaban J connectivity index is 2.00. The van der Waals surface area contributed by atoms with Crippen molar-refractivity contribution in [2.75, 3.05) is 0 Å². The second kappa shape index (κ2) is 4.90. The van der Waals surface area contributed by atoms with E-state index in [2.05, 4.69) is 9.97 Å². The van der Waals surface area contributed by atoms with Crippen molar-refractivity contribution in [1.82, 2.24) is 9.97 Å². The Labute approximate surface area is 94.3 Å². The van der Waals surface area contributed by atoms with Crippen molar-refractivity contribution >= 4 is 0 Å². The molecule has 1 aliphatic carbocycles. The second-order valence-electron chi connectivity index (χ2n) is 3.96. The first-order chi connectivity index (χ1) is 7.79. The summed E-state index contributed by atoms with van der Waals surface area (Å²) in [6.45, 7) is 0. The van der Waals surface area contributed by atoms with Gasteiger partial charge in [0.05, 0.1) is 12.4 Å². The van der Waals surface area contributed by atoms with Crippen molar-refractivity contribution in [2.45, 2.75) is 37.8 Å². The minimum Gasteiger partial charge on any atom is -0.472 e. The van der Waals surface area contributed by atoms with E-state index in [1.165, 1.54) is 18.8 Å². The first-order valence-electron chi connectivity index (χ1n) is 5.44. The predicted molar refractivity (Wildman–Crippen MR) is 57.6 cm³/mol. The highest BCUT2D eigenvalue weighted by Gasteiger charge is 2.23. The average Bonchev–Trinajstić information content (AvgIpc) is 2.33. The molecular formula is C11H14N4O. The molecule has 5 nitrogen and oxygen atoms in total. The zero-order valence-corrected chi connectivity index (χ0v) is 8.97. The molecule has 0 radical (unpaired) electrons. The molecule has 0 amide bonds. The minimum absolute atomic E-state index is 0.0241. The molecule has 1 fully saturated rings. The molecule has 0 bridgehead atoms. The van der Waals surface area contributed by atoms with Crippen LogP contribution < -0.4 is 10.5 Å². The number of hydrogen-bond donors (Lipinski definition) is 1. The molecule has 2 N–H and O–H groups in total. The van der Waals surface area contributed by atoms with Crippen molar-refractivity contribution in [3.05, 3.63) is 18.1 Å². The number of rotatable bonds is 2. The Morgan fingerprint density at radius 1 is 1.31 bits per heavy atom. The second-order valence-corrected chi connectivity index (χ2v) is 3.96. The molecule has 1 saturated carbocycles. The van der Waals surface area contributed by atoms with E-state index in [4.69, 9.17) is 15.7 Å². The summed E-state index contributed by atoms with van der Waals surface area (Å²) in [6, 6.07) is 1.99. The van der Waals surface area contributed by atoms with Gasteiger partial charge in [-0.15, -0.1) is 0 Å². The van der Waals surface area contributed by atoms with E-state index < -0.39 is 0 Å². The van der Waals surface area contributed by atoms with E-state index in [0.717, 1.165) is 19.3 Å². The highest BCUT2D eigenvalue weighted by molar-refractivity contribution is 5.18. The lowest BCUT2D eigenvalue weighted by molar-refractivity contribution is 0.126. The predicted octanol–water partition coefficient (Wildman–Crippen LogP) is 0.997. The molecule has 16 heavy (non-hydrogen) atoms. The SMILES string of the molecule is N#Cc1cnc(OC2CCCCC2N)cn1. The van der Waals surface area contributed by atoms with Gasteiger partial charge in [0, 0.05) is 6.04 Å². The van der Waals surface area contributed by atoms with Crippen LogP contribution in [-0.4, -0.2) is 22.1 Å². The van der Waals surface area contributed by atoms with Crippen molar-refractivity contribution in [3.8, 4) is 11.9 Å². The zero-order chi connectivity index (χ0) is 11.4. The van der Waals surface area contributed by atoms with Crippen LogP contribution in [0.15, 0.2) is 12.4 Å². The summed E-state index contributed by atoms with van der Waals surface area (Å²) in [5.74, 6) is 0.446. The van der Waals surface area contributed by atoms with Gasteiger partial charge in [0.25, 0.3) is 0 Å². The Kier molecular flexibility index (Phi) is 3.32. The first-order valence-corrected chi connectivity index (χ1v) is 5.44. The van der Waals surface area contributed by atoms with Crippen LogP contribution >= 0.6 is 0 Å². The van der Waals surface area contributed by atoms with E-state index >= 15 is 0 Å². The molecule has 1 aliphatic rings. The number of nitriles is 1. The summed E-state index contributed by atoms with van der Waals surface area (Å²) < 4.78 is 5.66. The van der Waals surface area contributed by atoms with Crippen LogP contribution in [0, 0.1) is 11.3 Å². The normalized spacial score (nSPS) is 24.8. The molecule has 0 aromatic carbocycles. The zero-order valence-electron chi connectivity index (χ0n) is 8.97. The van der Waals surface area contributed by atoms with Crippen LogP contribution in [0.3, 0.4) is 0 Å². The number of aromatic nitrogens is 2. The molecular weight excluding hydrogens is 204 g/mol. The van der Waals surface area contributed by atoms with Gasteiger partial charge in [-0.1, -0.05) is 6.42 Å². The van der Waals surface area contributed by atoms with Crippen molar-refractivity contribution in [2.24, 2.45) is 5.73 Å². The minimum atomic E-state index is 0.0241. The lowest BCUT2D eigenvalue weighted by atomic mass is 9.93. The van der Waals surface area contributed by atoms with Crippen LogP contribution in [0.1, 0.15) is 31.4 Å². The van der Waals surface area contributed by atoms with Gasteiger partial charge in [-0.2, -0.15) is 5.26 Å². The molecule has 0 saturated heterocycles. The Bertz CT molecular complexity index is 384. The van der Waals surface area contributed by atoms with Gasteiger partial charge in [0.1, 0.15) is 12.2 Å². The monoisotopic (exact) mass is 218 g/mol. The quantitative estimate of drug-likeness (QED) is 0.800. The first kappa shape index (κ1) is 10.8. The van der Waals surface area contributed by atoms with Gasteiger partial charge in [-0.3, -0.25) is 0 Å². The molecule has 5 heteroatoms. The molecule has 2 atom stereocenters. The third-order valence-corrected chi connectivity index (χ3v) is 2.77. The van der Waals surface area contributed by atoms with Gasteiger partial charge in [-0.25, -0.2) is 9.97 Å². The van der Waals surface area contributed by atoms with E-state index in [1.807, 2.05) is 6.07 Å². The smallest absolute Gasteiger partial charge is 0.232 e. The van der Waals surface area contributed by atoms with Crippen LogP contribution in [0.25, 0.3) is 0 Å². The van der Waals surface area contributed by atoms with Gasteiger partial charge in [-0.05, 0) is 19.3 Å². The molecule has 0 aliphatic heterocycles. The van der Waals surface area contributed by atoms with Crippen LogP contribution in [0.2, 0.25) is 0 Å². The molecule has 2 rings (SSSR count). The van der Waals surface area contributed by atoms with E-state index in [0.29, 0.717) is 11.6 Å². The Morgan fingerprint density at radius 3 is 2.75 bits per heavy atom. The molecule has 1 heterocycles. The third-order valence-electron chi connectivity index (χ3n) is 2.77. The Hall–Kier alpha value is -1.67. The van der Waals surface area contributed by atoms with Crippen molar-refractivity contribution < 1.29 is 4.74 Å². The maximum Gasteiger partial charge on any atom is 0.232 e. The fraction of sp³-hybridized carbons (Fsp3) is 0.545. The van der Waals surface area contributed by atoms with Crippen LogP contribution in [-0.2, 0) is 0 Å². The molecule has 1 aromatic rings. The van der Waals surface area contributed by atoms with Crippen LogP contribution in [0.5, 0.6) is 5.88 Å². The Morgan fingerprint density at radius 2 is 2.12 bits per heavy atom.